The Labute approximate surface area is 122 Å². The molecule has 2 aliphatic heterocycles. The van der Waals surface area contributed by atoms with E-state index in [1.165, 1.54) is 32.4 Å². The summed E-state index contributed by atoms with van der Waals surface area (Å²) in [4.78, 5) is 16.4. The molecule has 0 radical (unpaired) electrons. The highest BCUT2D eigenvalue weighted by Gasteiger charge is 2.28. The van der Waals surface area contributed by atoms with Gasteiger partial charge in [0, 0.05) is 32.1 Å². The van der Waals surface area contributed by atoms with Crippen molar-refractivity contribution in [2.75, 3.05) is 32.7 Å². The van der Waals surface area contributed by atoms with E-state index in [1.807, 2.05) is 4.90 Å². The predicted molar refractivity (Wildman–Crippen MR) is 78.6 cm³/mol. The van der Waals surface area contributed by atoms with E-state index in [0.717, 1.165) is 19.5 Å². The fourth-order valence-electron chi connectivity index (χ4n) is 2.87. The number of hydrogen-bond acceptors (Lipinski definition) is 3. The number of likely N-dealkylation sites (tertiary alicyclic amines) is 2. The minimum Gasteiger partial charge on any atom is -0.341 e. The number of rotatable bonds is 3. The highest BCUT2D eigenvalue weighted by atomic mass is 35.5. The first-order valence-electron chi connectivity index (χ1n) is 6.53. The minimum atomic E-state index is 0. The summed E-state index contributed by atoms with van der Waals surface area (Å²) < 4.78 is 0. The fraction of sp³-hybridized carbons (Fsp3) is 0.917. The summed E-state index contributed by atoms with van der Waals surface area (Å²) in [6.07, 6.45) is 5.57. The van der Waals surface area contributed by atoms with E-state index in [2.05, 4.69) is 4.90 Å². The van der Waals surface area contributed by atoms with Gasteiger partial charge >= 0.3 is 0 Å². The summed E-state index contributed by atoms with van der Waals surface area (Å²) >= 11 is 0. The van der Waals surface area contributed by atoms with E-state index in [9.17, 15) is 4.79 Å². The molecule has 0 aromatic heterocycles. The largest absolute Gasteiger partial charge is 0.341 e. The topological polar surface area (TPSA) is 49.6 Å². The van der Waals surface area contributed by atoms with E-state index >= 15 is 0 Å². The summed E-state index contributed by atoms with van der Waals surface area (Å²) in [6.45, 7) is 4.79. The molecule has 4 nitrogen and oxygen atoms in total. The predicted octanol–water partition coefficient (Wildman–Crippen LogP) is 1.27. The van der Waals surface area contributed by atoms with Gasteiger partial charge in [-0.05, 0) is 38.8 Å². The van der Waals surface area contributed by atoms with Crippen LogP contribution in [0, 0.1) is 0 Å². The lowest BCUT2D eigenvalue weighted by atomic mass is 10.0. The van der Waals surface area contributed by atoms with Crippen LogP contribution in [-0.4, -0.2) is 54.5 Å². The minimum absolute atomic E-state index is 0. The maximum absolute atomic E-state index is 11.8. The number of hydrogen-bond donors (Lipinski definition) is 1. The van der Waals surface area contributed by atoms with Crippen LogP contribution in [-0.2, 0) is 4.79 Å². The highest BCUT2D eigenvalue weighted by molar-refractivity contribution is 5.85. The van der Waals surface area contributed by atoms with Gasteiger partial charge in [-0.2, -0.15) is 0 Å². The van der Waals surface area contributed by atoms with Crippen molar-refractivity contribution in [3.8, 4) is 0 Å². The summed E-state index contributed by atoms with van der Waals surface area (Å²) in [5, 5.41) is 0. The van der Waals surface area contributed by atoms with Crippen LogP contribution in [0.4, 0.5) is 0 Å². The second-order valence-corrected chi connectivity index (χ2v) is 4.92. The smallest absolute Gasteiger partial charge is 0.223 e. The lowest BCUT2D eigenvalue weighted by Gasteiger charge is -2.37. The van der Waals surface area contributed by atoms with E-state index in [-0.39, 0.29) is 30.7 Å². The molecule has 2 N–H and O–H groups in total. The molecule has 18 heavy (non-hydrogen) atoms. The Balaban J connectivity index is 0.00000144. The van der Waals surface area contributed by atoms with Gasteiger partial charge in [-0.3, -0.25) is 9.69 Å². The van der Waals surface area contributed by atoms with Crippen LogP contribution in [0.3, 0.4) is 0 Å². The van der Waals surface area contributed by atoms with Crippen molar-refractivity contribution < 1.29 is 4.79 Å². The Morgan fingerprint density at radius 3 is 2.39 bits per heavy atom. The zero-order valence-corrected chi connectivity index (χ0v) is 12.5. The number of nitrogens with zero attached hydrogens (tertiary/aromatic N) is 2. The molecule has 0 spiro atoms. The molecule has 2 fully saturated rings. The van der Waals surface area contributed by atoms with Crippen LogP contribution in [0.5, 0.6) is 0 Å². The van der Waals surface area contributed by atoms with Crippen LogP contribution >= 0.6 is 24.8 Å². The molecule has 6 heteroatoms. The van der Waals surface area contributed by atoms with Gasteiger partial charge in [-0.1, -0.05) is 0 Å². The molecule has 2 saturated heterocycles. The molecule has 0 aromatic rings. The van der Waals surface area contributed by atoms with Crippen molar-refractivity contribution in [1.29, 1.82) is 0 Å². The molecule has 2 aliphatic rings. The van der Waals surface area contributed by atoms with Crippen molar-refractivity contribution in [2.24, 2.45) is 5.73 Å². The third-order valence-electron chi connectivity index (χ3n) is 3.76. The third-order valence-corrected chi connectivity index (χ3v) is 3.76. The van der Waals surface area contributed by atoms with Gasteiger partial charge in [-0.15, -0.1) is 24.8 Å². The van der Waals surface area contributed by atoms with Crippen molar-refractivity contribution in [1.82, 2.24) is 9.80 Å². The fourth-order valence-corrected chi connectivity index (χ4v) is 2.87. The van der Waals surface area contributed by atoms with Gasteiger partial charge in [0.05, 0.1) is 0 Å². The molecule has 1 unspecified atom stereocenters. The average Bonchev–Trinajstić information content (AvgIpc) is 2.83. The maximum atomic E-state index is 11.8. The summed E-state index contributed by atoms with van der Waals surface area (Å²) in [6, 6.07) is 0.609. The molecular weight excluding hydrogens is 273 g/mol. The summed E-state index contributed by atoms with van der Waals surface area (Å²) in [5.41, 5.74) is 5.43. The summed E-state index contributed by atoms with van der Waals surface area (Å²) in [5.74, 6) is 0.242. The first-order valence-corrected chi connectivity index (χ1v) is 6.53. The van der Waals surface area contributed by atoms with Crippen LogP contribution in [0.1, 0.15) is 32.1 Å². The Hall–Kier alpha value is -0.0300. The van der Waals surface area contributed by atoms with Crippen LogP contribution < -0.4 is 5.73 Å². The van der Waals surface area contributed by atoms with Crippen LogP contribution in [0.25, 0.3) is 0 Å². The van der Waals surface area contributed by atoms with Crippen LogP contribution in [0.2, 0.25) is 0 Å². The number of carbonyl (C=O) groups excluding carboxylic acids is 1. The van der Waals surface area contributed by atoms with Crippen molar-refractivity contribution in [2.45, 2.75) is 38.1 Å². The Bertz CT molecular complexity index is 247. The molecule has 108 valence electrons. The quantitative estimate of drug-likeness (QED) is 0.853. The molecule has 0 saturated carbocycles. The molecule has 0 aromatic carbocycles. The third kappa shape index (κ3) is 4.57. The SMILES string of the molecule is Cl.Cl.NCCC(=O)N1CCCC(N2CCCC2)C1. The lowest BCUT2D eigenvalue weighted by molar-refractivity contribution is -0.133. The van der Waals surface area contributed by atoms with Crippen LogP contribution in [0.15, 0.2) is 0 Å². The van der Waals surface area contributed by atoms with Crippen molar-refractivity contribution >= 4 is 30.7 Å². The number of piperidine rings is 1. The average molecular weight is 298 g/mol. The monoisotopic (exact) mass is 297 g/mol. The molecule has 0 aliphatic carbocycles. The highest BCUT2D eigenvalue weighted by Crippen LogP contribution is 2.20. The first kappa shape index (κ1) is 18.0. The van der Waals surface area contributed by atoms with Crippen molar-refractivity contribution in [3.05, 3.63) is 0 Å². The molecule has 2 rings (SSSR count). The first-order chi connectivity index (χ1) is 7.81. The normalized spacial score (nSPS) is 24.3. The second-order valence-electron chi connectivity index (χ2n) is 4.92. The lowest BCUT2D eigenvalue weighted by Crippen LogP contribution is -2.49. The molecule has 2 heterocycles. The Morgan fingerprint density at radius 1 is 1.11 bits per heavy atom. The van der Waals surface area contributed by atoms with Gasteiger partial charge < -0.3 is 10.6 Å². The summed E-state index contributed by atoms with van der Waals surface area (Å²) in [7, 11) is 0. The van der Waals surface area contributed by atoms with Crippen molar-refractivity contribution in [3.63, 3.8) is 0 Å². The second kappa shape index (κ2) is 8.97. The standard InChI is InChI=1S/C12H23N3O.2ClH/c13-6-5-12(16)15-9-3-4-11(10-15)14-7-1-2-8-14;;/h11H,1-10,13H2;2*1H. The number of halogens is 2. The van der Waals surface area contributed by atoms with Gasteiger partial charge in [0.2, 0.25) is 5.91 Å². The Morgan fingerprint density at radius 2 is 1.78 bits per heavy atom. The molecule has 1 amide bonds. The zero-order valence-electron chi connectivity index (χ0n) is 10.8. The van der Waals surface area contributed by atoms with E-state index in [0.29, 0.717) is 19.0 Å². The molecule has 0 bridgehead atoms. The molecular formula is C12H25Cl2N3O. The van der Waals surface area contributed by atoms with E-state index in [1.54, 1.807) is 0 Å². The zero-order chi connectivity index (χ0) is 11.4. The Kier molecular flexibility index (Phi) is 8.95. The van der Waals surface area contributed by atoms with E-state index < -0.39 is 0 Å². The number of carbonyl (C=O) groups is 1. The maximum Gasteiger partial charge on any atom is 0.223 e. The number of amides is 1. The van der Waals surface area contributed by atoms with Gasteiger partial charge in [0.25, 0.3) is 0 Å². The van der Waals surface area contributed by atoms with Gasteiger partial charge in [0.1, 0.15) is 0 Å². The van der Waals surface area contributed by atoms with Gasteiger partial charge in [-0.25, -0.2) is 0 Å². The van der Waals surface area contributed by atoms with Gasteiger partial charge in [0.15, 0.2) is 0 Å². The number of nitrogens with two attached hydrogens (primary N) is 1. The van der Waals surface area contributed by atoms with E-state index in [4.69, 9.17) is 5.73 Å². The molecule has 1 atom stereocenters.